The van der Waals surface area contributed by atoms with Gasteiger partial charge in [-0.15, -0.1) is 0 Å². The van der Waals surface area contributed by atoms with E-state index < -0.39 is 51.1 Å². The minimum atomic E-state index is -4.75. The first-order valence-corrected chi connectivity index (χ1v) is 8.89. The summed E-state index contributed by atoms with van der Waals surface area (Å²) in [6, 6.07) is 0.691. The second-order valence-corrected chi connectivity index (χ2v) is 7.45. The van der Waals surface area contributed by atoms with Crippen molar-refractivity contribution in [1.29, 1.82) is 0 Å². The van der Waals surface area contributed by atoms with Crippen molar-refractivity contribution in [1.82, 2.24) is 9.62 Å². The number of hydrogen-bond donors (Lipinski definition) is 2. The first-order chi connectivity index (χ1) is 11.8. The number of alkyl halides is 3. The molecule has 0 spiro atoms. The van der Waals surface area contributed by atoms with E-state index in [4.69, 9.17) is 5.11 Å². The molecule has 1 aromatic carbocycles. The molecule has 0 radical (unpaired) electrons. The number of carboxylic acid groups (broad SMARTS) is 1. The lowest BCUT2D eigenvalue weighted by atomic mass is 10.1. The fourth-order valence-corrected chi connectivity index (χ4v) is 4.01. The molecule has 0 saturated heterocycles. The maximum absolute atomic E-state index is 12.9. The molecule has 0 aliphatic carbocycles. The van der Waals surface area contributed by atoms with Crippen LogP contribution in [0.2, 0.25) is 0 Å². The van der Waals surface area contributed by atoms with Crippen LogP contribution in [0, 0.1) is 6.92 Å². The van der Waals surface area contributed by atoms with Gasteiger partial charge < -0.3 is 10.4 Å². The lowest BCUT2D eigenvalue weighted by Crippen LogP contribution is -2.46. The van der Waals surface area contributed by atoms with E-state index >= 15 is 0 Å². The molecule has 26 heavy (non-hydrogen) atoms. The van der Waals surface area contributed by atoms with Crippen molar-refractivity contribution in [2.45, 2.75) is 37.9 Å². The van der Waals surface area contributed by atoms with E-state index in [1.54, 1.807) is 0 Å². The molecular formula is C15H19F3N2O5S. The smallest absolute Gasteiger partial charge is 0.416 e. The minimum Gasteiger partial charge on any atom is -0.480 e. The van der Waals surface area contributed by atoms with Gasteiger partial charge >= 0.3 is 12.1 Å². The highest BCUT2D eigenvalue weighted by atomic mass is 32.2. The quantitative estimate of drug-likeness (QED) is 0.729. The lowest BCUT2D eigenvalue weighted by Gasteiger charge is -2.27. The second-order valence-electron chi connectivity index (χ2n) is 5.59. The maximum atomic E-state index is 12.9. The Hall–Kier alpha value is -2.14. The highest BCUT2D eigenvalue weighted by Gasteiger charge is 2.36. The SMILES string of the molecule is CC(=O)NCCN(C(C)C(=O)O)S(=O)(=O)c1cc(C(F)(F)F)ccc1C. The van der Waals surface area contributed by atoms with Crippen molar-refractivity contribution >= 4 is 21.9 Å². The molecule has 1 rings (SSSR count). The summed E-state index contributed by atoms with van der Waals surface area (Å²) in [6.45, 7) is 2.99. The number of carbonyl (C=O) groups is 2. The third kappa shape index (κ3) is 5.18. The fourth-order valence-electron chi connectivity index (χ4n) is 2.17. The monoisotopic (exact) mass is 396 g/mol. The molecule has 0 bridgehead atoms. The van der Waals surface area contributed by atoms with Gasteiger partial charge in [0.2, 0.25) is 15.9 Å². The van der Waals surface area contributed by atoms with Gasteiger partial charge in [-0.25, -0.2) is 8.42 Å². The molecule has 7 nitrogen and oxygen atoms in total. The van der Waals surface area contributed by atoms with Gasteiger partial charge in [0.25, 0.3) is 0 Å². The summed E-state index contributed by atoms with van der Waals surface area (Å²) in [5.41, 5.74) is -1.12. The number of aliphatic carboxylic acids is 1. The van der Waals surface area contributed by atoms with E-state index in [1.807, 2.05) is 0 Å². The summed E-state index contributed by atoms with van der Waals surface area (Å²) < 4.78 is 65.0. The van der Waals surface area contributed by atoms with Crippen LogP contribution in [0.3, 0.4) is 0 Å². The van der Waals surface area contributed by atoms with Crippen LogP contribution in [-0.2, 0) is 25.8 Å². The molecule has 1 unspecified atom stereocenters. The molecule has 146 valence electrons. The number of sulfonamides is 1. The molecule has 0 saturated carbocycles. The van der Waals surface area contributed by atoms with Crippen LogP contribution in [0.15, 0.2) is 23.1 Å². The fraction of sp³-hybridized carbons (Fsp3) is 0.467. The van der Waals surface area contributed by atoms with Crippen LogP contribution < -0.4 is 5.32 Å². The van der Waals surface area contributed by atoms with Gasteiger partial charge in [0, 0.05) is 20.0 Å². The average molecular weight is 396 g/mol. The number of halogens is 3. The summed E-state index contributed by atoms with van der Waals surface area (Å²) in [7, 11) is -4.56. The summed E-state index contributed by atoms with van der Waals surface area (Å²) in [6.07, 6.45) is -4.75. The largest absolute Gasteiger partial charge is 0.480 e. The summed E-state index contributed by atoms with van der Waals surface area (Å²) in [4.78, 5) is 21.6. The molecule has 0 fully saturated rings. The molecule has 2 N–H and O–H groups in total. The van der Waals surface area contributed by atoms with Gasteiger partial charge in [0.05, 0.1) is 10.5 Å². The number of hydrogen-bond acceptors (Lipinski definition) is 4. The van der Waals surface area contributed by atoms with Crippen LogP contribution in [0.1, 0.15) is 25.0 Å². The Morgan fingerprint density at radius 3 is 2.35 bits per heavy atom. The van der Waals surface area contributed by atoms with Gasteiger partial charge in [-0.1, -0.05) is 6.07 Å². The van der Waals surface area contributed by atoms with E-state index in [0.717, 1.165) is 19.1 Å². The van der Waals surface area contributed by atoms with Crippen LogP contribution in [0.4, 0.5) is 13.2 Å². The molecule has 11 heteroatoms. The first kappa shape index (κ1) is 21.9. The molecule has 0 aromatic heterocycles. The van der Waals surface area contributed by atoms with E-state index in [2.05, 4.69) is 5.32 Å². The van der Waals surface area contributed by atoms with E-state index in [0.29, 0.717) is 10.4 Å². The molecule has 1 atom stereocenters. The molecular weight excluding hydrogens is 377 g/mol. The van der Waals surface area contributed by atoms with Crippen molar-refractivity contribution in [2.24, 2.45) is 0 Å². The number of nitrogens with one attached hydrogen (secondary N) is 1. The number of carbonyl (C=O) groups excluding carboxylic acids is 1. The van der Waals surface area contributed by atoms with Crippen LogP contribution >= 0.6 is 0 Å². The van der Waals surface area contributed by atoms with Crippen molar-refractivity contribution in [2.75, 3.05) is 13.1 Å². The molecule has 0 aliphatic heterocycles. The highest BCUT2D eigenvalue weighted by Crippen LogP contribution is 2.32. The van der Waals surface area contributed by atoms with Crippen molar-refractivity contribution < 1.29 is 36.3 Å². The highest BCUT2D eigenvalue weighted by molar-refractivity contribution is 7.89. The van der Waals surface area contributed by atoms with Gasteiger partial charge in [0.1, 0.15) is 6.04 Å². The van der Waals surface area contributed by atoms with E-state index in [-0.39, 0.29) is 12.1 Å². The van der Waals surface area contributed by atoms with Crippen LogP contribution in [0.25, 0.3) is 0 Å². The summed E-state index contributed by atoms with van der Waals surface area (Å²) in [5.74, 6) is -1.93. The predicted octanol–water partition coefficient (Wildman–Crippen LogP) is 1.61. The Morgan fingerprint density at radius 2 is 1.88 bits per heavy atom. The van der Waals surface area contributed by atoms with Crippen molar-refractivity contribution in [3.8, 4) is 0 Å². The Bertz CT molecular complexity index is 793. The first-order valence-electron chi connectivity index (χ1n) is 7.45. The van der Waals surface area contributed by atoms with Crippen molar-refractivity contribution in [3.63, 3.8) is 0 Å². The van der Waals surface area contributed by atoms with Gasteiger partial charge in [-0.2, -0.15) is 17.5 Å². The lowest BCUT2D eigenvalue weighted by molar-refractivity contribution is -0.141. The number of amides is 1. The standard InChI is InChI=1S/C15H19F3N2O5S/c1-9-4-5-12(15(16,17)18)8-13(9)26(24,25)20(10(2)14(22)23)7-6-19-11(3)21/h4-5,8,10H,6-7H2,1-3H3,(H,19,21)(H,22,23). The van der Waals surface area contributed by atoms with Gasteiger partial charge in [0.15, 0.2) is 0 Å². The van der Waals surface area contributed by atoms with Crippen LogP contribution in [0.5, 0.6) is 0 Å². The third-order valence-electron chi connectivity index (χ3n) is 3.60. The number of nitrogens with zero attached hydrogens (tertiary/aromatic N) is 1. The Balaban J connectivity index is 3.39. The Morgan fingerprint density at radius 1 is 1.31 bits per heavy atom. The average Bonchev–Trinajstić information content (AvgIpc) is 2.49. The minimum absolute atomic E-state index is 0.0418. The maximum Gasteiger partial charge on any atom is 0.416 e. The molecule has 0 aliphatic rings. The molecule has 1 amide bonds. The molecule has 1 aromatic rings. The Kier molecular flexibility index (Phi) is 6.77. The zero-order chi connectivity index (χ0) is 20.3. The van der Waals surface area contributed by atoms with Gasteiger partial charge in [-0.3, -0.25) is 9.59 Å². The zero-order valence-corrected chi connectivity index (χ0v) is 15.1. The normalized spacial score (nSPS) is 13.5. The predicted molar refractivity (Wildman–Crippen MR) is 85.9 cm³/mol. The number of benzene rings is 1. The van der Waals surface area contributed by atoms with E-state index in [1.165, 1.54) is 13.8 Å². The van der Waals surface area contributed by atoms with Crippen LogP contribution in [-0.4, -0.2) is 48.8 Å². The molecule has 0 heterocycles. The number of rotatable bonds is 7. The topological polar surface area (TPSA) is 104 Å². The number of carboxylic acids is 1. The summed E-state index contributed by atoms with van der Waals surface area (Å²) in [5, 5.41) is 11.5. The second kappa shape index (κ2) is 8.04. The number of aryl methyl sites for hydroxylation is 1. The summed E-state index contributed by atoms with van der Waals surface area (Å²) >= 11 is 0. The zero-order valence-electron chi connectivity index (χ0n) is 14.3. The van der Waals surface area contributed by atoms with Crippen molar-refractivity contribution in [3.05, 3.63) is 29.3 Å². The van der Waals surface area contributed by atoms with Gasteiger partial charge in [-0.05, 0) is 31.5 Å². The van der Waals surface area contributed by atoms with E-state index in [9.17, 15) is 31.2 Å². The Labute approximate surface area is 148 Å². The third-order valence-corrected chi connectivity index (χ3v) is 5.71.